The third-order valence-electron chi connectivity index (χ3n) is 4.70. The molecule has 2 aliphatic heterocycles. The maximum atomic E-state index is 14.6. The molecule has 0 unspecified atom stereocenters. The Morgan fingerprint density at radius 1 is 1.23 bits per heavy atom. The van der Waals surface area contributed by atoms with Crippen molar-refractivity contribution < 1.29 is 23.0 Å². The molecule has 0 spiro atoms. The van der Waals surface area contributed by atoms with E-state index >= 15 is 0 Å². The van der Waals surface area contributed by atoms with Gasteiger partial charge in [-0.3, -0.25) is 4.79 Å². The number of halogens is 2. The number of benzene rings is 2. The summed E-state index contributed by atoms with van der Waals surface area (Å²) in [5.41, 5.74) is 0.926. The van der Waals surface area contributed by atoms with Gasteiger partial charge in [-0.2, -0.15) is 10.3 Å². The number of aliphatic imine (C=N–C) groups is 1. The molecule has 0 aliphatic carbocycles. The zero-order chi connectivity index (χ0) is 21.8. The molecule has 6 nitrogen and oxygen atoms in total. The molecule has 0 bridgehead atoms. The molecule has 0 atom stereocenters. The van der Waals surface area contributed by atoms with Crippen LogP contribution in [0.15, 0.2) is 46.3 Å². The summed E-state index contributed by atoms with van der Waals surface area (Å²) in [7, 11) is 0. The molecule has 0 aromatic heterocycles. The lowest BCUT2D eigenvalue weighted by molar-refractivity contribution is -0.113. The van der Waals surface area contributed by atoms with Crippen molar-refractivity contribution in [1.82, 2.24) is 4.90 Å². The minimum absolute atomic E-state index is 0.0859. The van der Waals surface area contributed by atoms with Crippen molar-refractivity contribution in [3.05, 3.63) is 63.8 Å². The predicted molar refractivity (Wildman–Crippen MR) is 113 cm³/mol. The number of amides is 1. The van der Waals surface area contributed by atoms with E-state index in [0.717, 1.165) is 0 Å². The highest BCUT2D eigenvalue weighted by molar-refractivity contribution is 8.18. The number of ether oxygens (including phenoxy) is 2. The van der Waals surface area contributed by atoms with Crippen molar-refractivity contribution in [3.63, 3.8) is 0 Å². The summed E-state index contributed by atoms with van der Waals surface area (Å²) in [6.45, 7) is 1.67. The average Bonchev–Trinajstić information content (AvgIpc) is 3.16. The highest BCUT2D eigenvalue weighted by atomic mass is 32.2. The van der Waals surface area contributed by atoms with Gasteiger partial charge in [0, 0.05) is 18.7 Å². The fourth-order valence-corrected chi connectivity index (χ4v) is 4.07. The Hall–Kier alpha value is -3.22. The Balaban J connectivity index is 1.49. The molecular weight excluding hydrogens is 424 g/mol. The highest BCUT2D eigenvalue weighted by Gasteiger charge is 2.27. The number of morpholine rings is 1. The Bertz CT molecular complexity index is 1120. The molecule has 2 aromatic carbocycles. The zero-order valence-electron chi connectivity index (χ0n) is 16.3. The Kier molecular flexibility index (Phi) is 6.30. The van der Waals surface area contributed by atoms with Crippen molar-refractivity contribution in [2.24, 2.45) is 4.99 Å². The molecular formula is C22H17F2N3O3S. The van der Waals surface area contributed by atoms with E-state index in [9.17, 15) is 13.6 Å². The lowest BCUT2D eigenvalue weighted by atomic mass is 10.1. The van der Waals surface area contributed by atoms with Crippen LogP contribution in [0.25, 0.3) is 6.08 Å². The van der Waals surface area contributed by atoms with E-state index in [4.69, 9.17) is 14.7 Å². The van der Waals surface area contributed by atoms with Gasteiger partial charge in [-0.1, -0.05) is 6.07 Å². The highest BCUT2D eigenvalue weighted by Crippen LogP contribution is 2.33. The predicted octanol–water partition coefficient (Wildman–Crippen LogP) is 4.26. The maximum Gasteiger partial charge on any atom is 0.286 e. The number of amidine groups is 1. The Morgan fingerprint density at radius 2 is 2.00 bits per heavy atom. The summed E-state index contributed by atoms with van der Waals surface area (Å²) < 4.78 is 38.7. The van der Waals surface area contributed by atoms with Gasteiger partial charge in [0.25, 0.3) is 5.91 Å². The molecule has 2 aromatic rings. The van der Waals surface area contributed by atoms with E-state index in [1.54, 1.807) is 12.1 Å². The molecule has 1 amide bonds. The third-order valence-corrected chi connectivity index (χ3v) is 5.74. The van der Waals surface area contributed by atoms with Crippen molar-refractivity contribution in [1.29, 1.82) is 5.26 Å². The van der Waals surface area contributed by atoms with Gasteiger partial charge in [-0.25, -0.2) is 8.78 Å². The SMILES string of the molecule is N#Cc1ccc(Oc2ccc(/C=C3\SC(N4CCOCC4)=NC3=O)cc2F)c(CF)c1. The third kappa shape index (κ3) is 4.76. The molecule has 1 saturated heterocycles. The fraction of sp³-hybridized carbons (Fsp3) is 0.227. The smallest absolute Gasteiger partial charge is 0.286 e. The fourth-order valence-electron chi connectivity index (χ4n) is 3.10. The van der Waals surface area contributed by atoms with Crippen molar-refractivity contribution >= 4 is 28.9 Å². The van der Waals surface area contributed by atoms with Gasteiger partial charge in [0.15, 0.2) is 16.7 Å². The average molecular weight is 441 g/mol. The molecule has 1 fully saturated rings. The van der Waals surface area contributed by atoms with Gasteiger partial charge in [0.2, 0.25) is 0 Å². The number of nitrogens with zero attached hydrogens (tertiary/aromatic N) is 3. The van der Waals surface area contributed by atoms with Crippen LogP contribution in [0.2, 0.25) is 0 Å². The van der Waals surface area contributed by atoms with Crippen LogP contribution in [0.4, 0.5) is 8.78 Å². The van der Waals surface area contributed by atoms with E-state index in [-0.39, 0.29) is 23.0 Å². The number of nitriles is 1. The van der Waals surface area contributed by atoms with E-state index in [2.05, 4.69) is 4.99 Å². The minimum atomic E-state index is -0.846. The summed E-state index contributed by atoms with van der Waals surface area (Å²) in [6, 6.07) is 10.4. The quantitative estimate of drug-likeness (QED) is 0.660. The van der Waals surface area contributed by atoms with Gasteiger partial charge in [0.05, 0.1) is 29.8 Å². The van der Waals surface area contributed by atoms with Gasteiger partial charge < -0.3 is 14.4 Å². The van der Waals surface area contributed by atoms with E-state index in [1.807, 2.05) is 11.0 Å². The number of carbonyl (C=O) groups is 1. The monoisotopic (exact) mass is 441 g/mol. The van der Waals surface area contributed by atoms with Crippen LogP contribution in [0, 0.1) is 17.1 Å². The summed E-state index contributed by atoms with van der Waals surface area (Å²) >= 11 is 1.25. The molecule has 31 heavy (non-hydrogen) atoms. The lowest BCUT2D eigenvalue weighted by Crippen LogP contribution is -2.38. The molecule has 0 saturated carbocycles. The maximum absolute atomic E-state index is 14.6. The first-order valence-corrected chi connectivity index (χ1v) is 10.3. The summed E-state index contributed by atoms with van der Waals surface area (Å²) in [5.74, 6) is -0.973. The van der Waals surface area contributed by atoms with Crippen LogP contribution in [0.1, 0.15) is 16.7 Å². The van der Waals surface area contributed by atoms with E-state index < -0.39 is 12.5 Å². The second-order valence-electron chi connectivity index (χ2n) is 6.77. The number of rotatable bonds is 4. The number of carbonyl (C=O) groups excluding carboxylic acids is 1. The molecule has 2 aliphatic rings. The van der Waals surface area contributed by atoms with Crippen molar-refractivity contribution in [3.8, 4) is 17.6 Å². The molecule has 0 radical (unpaired) electrons. The first kappa shape index (κ1) is 21.0. The number of thioether (sulfide) groups is 1. The second-order valence-corrected chi connectivity index (χ2v) is 7.78. The van der Waals surface area contributed by atoms with Gasteiger partial charge in [0.1, 0.15) is 12.4 Å². The molecule has 4 rings (SSSR count). The molecule has 2 heterocycles. The van der Waals surface area contributed by atoms with Gasteiger partial charge in [-0.05, 0) is 53.7 Å². The number of alkyl halides is 1. The van der Waals surface area contributed by atoms with E-state index in [0.29, 0.717) is 47.5 Å². The van der Waals surface area contributed by atoms with Crippen LogP contribution < -0.4 is 4.74 Å². The van der Waals surface area contributed by atoms with Crippen LogP contribution >= 0.6 is 11.8 Å². The number of hydrogen-bond donors (Lipinski definition) is 0. The molecule has 158 valence electrons. The minimum Gasteiger partial charge on any atom is -0.454 e. The second kappa shape index (κ2) is 9.29. The van der Waals surface area contributed by atoms with Gasteiger partial charge in [-0.15, -0.1) is 0 Å². The van der Waals surface area contributed by atoms with Crippen LogP contribution in [0.3, 0.4) is 0 Å². The number of hydrogen-bond acceptors (Lipinski definition) is 6. The topological polar surface area (TPSA) is 74.9 Å². The van der Waals surface area contributed by atoms with E-state index in [1.165, 1.54) is 42.1 Å². The first-order chi connectivity index (χ1) is 15.1. The van der Waals surface area contributed by atoms with Crippen molar-refractivity contribution in [2.45, 2.75) is 6.67 Å². The lowest BCUT2D eigenvalue weighted by Gasteiger charge is -2.27. The van der Waals surface area contributed by atoms with Crippen LogP contribution in [-0.4, -0.2) is 42.3 Å². The summed E-state index contributed by atoms with van der Waals surface area (Å²) in [5, 5.41) is 9.54. The van der Waals surface area contributed by atoms with Gasteiger partial charge >= 0.3 is 0 Å². The summed E-state index contributed by atoms with van der Waals surface area (Å²) in [6.07, 6.45) is 1.57. The normalized spacial score (nSPS) is 17.6. The summed E-state index contributed by atoms with van der Waals surface area (Å²) in [4.78, 5) is 18.7. The van der Waals surface area contributed by atoms with Crippen LogP contribution in [0.5, 0.6) is 11.5 Å². The Labute approximate surface area is 181 Å². The standard InChI is InChI=1S/C22H17F2N3O3S/c23-12-16-9-15(13-25)2-3-18(16)30-19-4-1-14(10-17(19)24)11-20-21(28)26-22(31-20)27-5-7-29-8-6-27/h1-4,9-11H,5-8,12H2/b20-11-. The van der Waals surface area contributed by atoms with Crippen LogP contribution in [-0.2, 0) is 16.2 Å². The Morgan fingerprint density at radius 3 is 2.71 bits per heavy atom. The largest absolute Gasteiger partial charge is 0.454 e. The molecule has 0 N–H and O–H groups in total. The molecule has 9 heteroatoms. The first-order valence-electron chi connectivity index (χ1n) is 9.49. The zero-order valence-corrected chi connectivity index (χ0v) is 17.1. The van der Waals surface area contributed by atoms with Crippen molar-refractivity contribution in [2.75, 3.05) is 26.3 Å².